The minimum Gasteiger partial charge on any atom is -0.388 e. The van der Waals surface area contributed by atoms with Crippen LogP contribution < -0.4 is 0 Å². The first kappa shape index (κ1) is 31.4. The van der Waals surface area contributed by atoms with E-state index in [1.807, 2.05) is 85.0 Å². The predicted molar refractivity (Wildman–Crippen MR) is 211 cm³/mol. The maximum Gasteiger partial charge on any atom is 0.0659 e. The lowest BCUT2D eigenvalue weighted by atomic mass is 10.3. The molecule has 0 spiro atoms. The Morgan fingerprint density at radius 3 is 0.686 bits per heavy atom. The molecule has 16 bridgehead atoms. The Morgan fingerprint density at radius 2 is 0.471 bits per heavy atom. The first-order valence-corrected chi connectivity index (χ1v) is 16.5. The topological polar surface area (TPSA) is 124 Å². The molecule has 4 aliphatic rings. The van der Waals surface area contributed by atoms with E-state index in [1.165, 1.54) is 0 Å². The molecule has 51 heavy (non-hydrogen) atoms. The molecule has 248 valence electrons. The fraction of sp³-hybridized carbons (Fsp3) is 0.0476. The van der Waals surface area contributed by atoms with E-state index in [0.29, 0.717) is 0 Å². The van der Waals surface area contributed by atoms with Gasteiger partial charge in [0.05, 0.1) is 45.6 Å². The smallest absolute Gasteiger partial charge is 0.0659 e. The average molecular weight is 667 g/mol. The summed E-state index contributed by atoms with van der Waals surface area (Å²) in [5, 5.41) is 0. The highest BCUT2D eigenvalue weighted by molar-refractivity contribution is 5.79. The Kier molecular flexibility index (Phi) is 8.60. The third kappa shape index (κ3) is 7.75. The van der Waals surface area contributed by atoms with Crippen LogP contribution in [0, 0.1) is 0 Å². The quantitative estimate of drug-likeness (QED) is 0.128. The van der Waals surface area contributed by atoms with Crippen molar-refractivity contribution in [2.24, 2.45) is 0 Å². The first-order chi connectivity index (χ1) is 25.0. The van der Waals surface area contributed by atoms with Crippen molar-refractivity contribution in [3.05, 3.63) is 143 Å². The van der Waals surface area contributed by atoms with Gasteiger partial charge in [0, 0.05) is 58.4 Å². The number of aromatic nitrogens is 8. The molecule has 6 aromatic heterocycles. The Hall–Kier alpha value is -6.84. The van der Waals surface area contributed by atoms with E-state index in [2.05, 4.69) is 105 Å². The van der Waals surface area contributed by atoms with E-state index in [4.69, 9.17) is 0 Å². The fourth-order valence-electron chi connectivity index (χ4n) is 5.89. The number of hydrogen-bond acceptors (Lipinski definition) is 5. The number of methoxy groups -OCH3 is 1. The summed E-state index contributed by atoms with van der Waals surface area (Å²) >= 11 is 0. The number of H-pyrrole nitrogens is 4. The van der Waals surface area contributed by atoms with E-state index in [-0.39, 0.29) is 0 Å². The van der Waals surface area contributed by atoms with E-state index in [0.717, 1.165) is 89.7 Å². The van der Waals surface area contributed by atoms with E-state index in [9.17, 15) is 0 Å². The average Bonchev–Trinajstić information content (AvgIpc) is 3.95. The van der Waals surface area contributed by atoms with Crippen LogP contribution in [0.5, 0.6) is 0 Å². The van der Waals surface area contributed by atoms with Crippen LogP contribution in [-0.4, -0.2) is 54.1 Å². The summed E-state index contributed by atoms with van der Waals surface area (Å²) in [5.41, 5.74) is 15.7. The fourth-order valence-corrected chi connectivity index (χ4v) is 5.89. The first-order valence-electron chi connectivity index (χ1n) is 16.5. The van der Waals surface area contributed by atoms with Gasteiger partial charge in [-0.05, 0) is 146 Å². The maximum atomic E-state index is 4.62. The van der Waals surface area contributed by atoms with Crippen LogP contribution in [0.1, 0.15) is 45.6 Å². The highest BCUT2D eigenvalue weighted by Crippen LogP contribution is 2.19. The normalized spacial score (nSPS) is 12.3. The molecule has 4 aliphatic heterocycles. The van der Waals surface area contributed by atoms with Gasteiger partial charge in [0.1, 0.15) is 0 Å². The zero-order valence-corrected chi connectivity index (χ0v) is 28.1. The van der Waals surface area contributed by atoms with Gasteiger partial charge >= 0.3 is 0 Å². The number of nitrogens with zero attached hydrogens (tertiary/aromatic N) is 4. The van der Waals surface area contributed by atoms with Crippen molar-refractivity contribution in [2.45, 2.75) is 0 Å². The molecule has 0 fully saturated rings. The molecule has 0 aliphatic carbocycles. The van der Waals surface area contributed by atoms with Crippen LogP contribution in [0.3, 0.4) is 0 Å². The lowest BCUT2D eigenvalue weighted by Crippen LogP contribution is -1.77. The zero-order chi connectivity index (χ0) is 34.6. The van der Waals surface area contributed by atoms with Gasteiger partial charge < -0.3 is 24.7 Å². The number of aromatic amines is 4. The molecule has 10 heterocycles. The highest BCUT2D eigenvalue weighted by atomic mass is 16.4. The van der Waals surface area contributed by atoms with E-state index >= 15 is 0 Å². The molecule has 0 unspecified atom stereocenters. The zero-order valence-electron chi connectivity index (χ0n) is 28.1. The van der Waals surface area contributed by atoms with Crippen molar-refractivity contribution >= 4 is 92.7 Å². The van der Waals surface area contributed by atoms with Gasteiger partial charge in [-0.15, -0.1) is 0 Å². The minimum atomic E-state index is 0.915. The second-order valence-corrected chi connectivity index (χ2v) is 12.2. The standard InChI is InChI=1S/2C20H14N4.C2H6O/c2*1-2-14-10-16-5-6-18(23-16)12-20-8-7-19(24-20)11-17-4-3-15(22-17)9-13(1)21-14;1-3-2/h2*1-12,21-22H;1-2H3. The van der Waals surface area contributed by atoms with Crippen molar-refractivity contribution in [3.63, 3.8) is 0 Å². The number of nitrogens with one attached hydrogen (secondary N) is 4. The monoisotopic (exact) mass is 666 g/mol. The van der Waals surface area contributed by atoms with E-state index < -0.39 is 0 Å². The molecule has 6 aromatic rings. The third-order valence-electron chi connectivity index (χ3n) is 8.08. The Bertz CT molecular complexity index is 2350. The number of rotatable bonds is 0. The maximum absolute atomic E-state index is 4.62. The molecule has 0 atom stereocenters. The van der Waals surface area contributed by atoms with Gasteiger partial charge in [0.15, 0.2) is 0 Å². The molecule has 0 saturated carbocycles. The lowest BCUT2D eigenvalue weighted by molar-refractivity contribution is 0.277. The molecule has 9 nitrogen and oxygen atoms in total. The molecule has 9 heteroatoms. The Labute approximate surface area is 293 Å². The second kappa shape index (κ2) is 13.9. The molecule has 4 N–H and O–H groups in total. The summed E-state index contributed by atoms with van der Waals surface area (Å²) in [6.45, 7) is 0. The number of ether oxygens (including phenoxy) is 1. The molecule has 0 aromatic carbocycles. The third-order valence-corrected chi connectivity index (χ3v) is 8.08. The van der Waals surface area contributed by atoms with Gasteiger partial charge in [-0.3, -0.25) is 0 Å². The van der Waals surface area contributed by atoms with Gasteiger partial charge in [-0.25, -0.2) is 19.9 Å². The molecule has 0 saturated heterocycles. The second-order valence-electron chi connectivity index (χ2n) is 12.2. The van der Waals surface area contributed by atoms with Crippen LogP contribution in [0.4, 0.5) is 0 Å². The summed E-state index contributed by atoms with van der Waals surface area (Å²) < 4.78 is 4.25. The summed E-state index contributed by atoms with van der Waals surface area (Å²) in [5.74, 6) is 0. The van der Waals surface area contributed by atoms with Crippen LogP contribution >= 0.6 is 0 Å². The summed E-state index contributed by atoms with van der Waals surface area (Å²) in [4.78, 5) is 32.0. The molecule has 0 amide bonds. The van der Waals surface area contributed by atoms with Crippen LogP contribution in [0.25, 0.3) is 92.7 Å². The van der Waals surface area contributed by atoms with Crippen LogP contribution in [-0.2, 0) is 4.74 Å². The van der Waals surface area contributed by atoms with Crippen molar-refractivity contribution in [3.8, 4) is 0 Å². The van der Waals surface area contributed by atoms with Crippen molar-refractivity contribution in [1.82, 2.24) is 39.9 Å². The number of fused-ring (bicyclic) bond motifs is 16. The van der Waals surface area contributed by atoms with Gasteiger partial charge in [0.2, 0.25) is 0 Å². The Morgan fingerprint density at radius 1 is 0.294 bits per heavy atom. The summed E-state index contributed by atoms with van der Waals surface area (Å²) in [6.07, 6.45) is 16.1. The molecule has 10 rings (SSSR count). The van der Waals surface area contributed by atoms with Crippen LogP contribution in [0.15, 0.2) is 97.1 Å². The largest absolute Gasteiger partial charge is 0.388 e. The van der Waals surface area contributed by atoms with Gasteiger partial charge in [-0.1, -0.05) is 0 Å². The highest BCUT2D eigenvalue weighted by Gasteiger charge is 2.04. The SMILES string of the molecule is C1=Cc2cc3ccc(cc4ccc(cc5nc(cc1n2)C=C5)[nH]4)[nH]3.C1=Cc2cc3ccc(cc4ccc(cc5nc(cc1n2)C=C5)[nH]4)[nH]3.COC. The van der Waals surface area contributed by atoms with E-state index in [1.54, 1.807) is 14.2 Å². The van der Waals surface area contributed by atoms with Crippen LogP contribution in [0.2, 0.25) is 0 Å². The molecule has 0 radical (unpaired) electrons. The number of hydrogen-bond donors (Lipinski definition) is 4. The Balaban J connectivity index is 0.000000136. The lowest BCUT2D eigenvalue weighted by Gasteiger charge is -1.86. The van der Waals surface area contributed by atoms with Crippen molar-refractivity contribution < 1.29 is 4.74 Å². The molecular weight excluding hydrogens is 633 g/mol. The van der Waals surface area contributed by atoms with Crippen molar-refractivity contribution in [1.29, 1.82) is 0 Å². The summed E-state index contributed by atoms with van der Waals surface area (Å²) in [6, 6.07) is 32.8. The minimum absolute atomic E-state index is 0.915. The van der Waals surface area contributed by atoms with Gasteiger partial charge in [0.25, 0.3) is 0 Å². The van der Waals surface area contributed by atoms with Gasteiger partial charge in [-0.2, -0.15) is 0 Å². The summed E-state index contributed by atoms with van der Waals surface area (Å²) in [7, 11) is 3.25. The van der Waals surface area contributed by atoms with Crippen molar-refractivity contribution in [2.75, 3.05) is 14.2 Å². The predicted octanol–water partition coefficient (Wildman–Crippen LogP) is 9.57. The molecular formula is C42H34N8O.